The Morgan fingerprint density at radius 3 is 3.00 bits per heavy atom. The van der Waals surface area contributed by atoms with Crippen LogP contribution < -0.4 is 5.32 Å². The van der Waals surface area contributed by atoms with Gasteiger partial charge < -0.3 is 14.6 Å². The highest BCUT2D eigenvalue weighted by atomic mass is 32.2. The number of carbonyl (C=O) groups is 1. The Hall–Kier alpha value is -1.38. The van der Waals surface area contributed by atoms with E-state index in [1.54, 1.807) is 18.4 Å². The van der Waals surface area contributed by atoms with Crippen molar-refractivity contribution in [1.29, 1.82) is 0 Å². The third-order valence-electron chi connectivity index (χ3n) is 2.93. The van der Waals surface area contributed by atoms with Crippen LogP contribution in [0.1, 0.15) is 13.8 Å². The van der Waals surface area contributed by atoms with Crippen LogP contribution in [0.15, 0.2) is 22.7 Å². The number of thioether (sulfide) groups is 1. The summed E-state index contributed by atoms with van der Waals surface area (Å²) in [6.07, 6.45) is 0. The van der Waals surface area contributed by atoms with Gasteiger partial charge in [-0.3, -0.25) is 4.79 Å². The minimum Gasteiger partial charge on any atom is -0.383 e. The number of rotatable bonds is 8. The first-order valence-electron chi connectivity index (χ1n) is 7.03. The summed E-state index contributed by atoms with van der Waals surface area (Å²) in [5.74, 6) is 1.14. The van der Waals surface area contributed by atoms with Crippen molar-refractivity contribution in [2.75, 3.05) is 19.5 Å². The Morgan fingerprint density at radius 2 is 2.36 bits per heavy atom. The summed E-state index contributed by atoms with van der Waals surface area (Å²) >= 11 is 3.03. The normalized spacial score (nSPS) is 12.3. The Labute approximate surface area is 138 Å². The SMILES string of the molecule is CCn1c(SCC(=O)N[C@@H](C)COC)nnc1-c1cccs1. The second-order valence-electron chi connectivity index (χ2n) is 4.74. The molecule has 1 amide bonds. The van der Waals surface area contributed by atoms with Gasteiger partial charge in [-0.15, -0.1) is 21.5 Å². The maximum Gasteiger partial charge on any atom is 0.230 e. The third-order valence-corrected chi connectivity index (χ3v) is 4.76. The highest BCUT2D eigenvalue weighted by Crippen LogP contribution is 2.26. The standard InChI is InChI=1S/C14H20N4O2S2/c1-4-18-13(11-6-5-7-21-11)16-17-14(18)22-9-12(19)15-10(2)8-20-3/h5-7,10H,4,8-9H2,1-3H3,(H,15,19)/t10-/m0/s1. The number of carbonyl (C=O) groups excluding carboxylic acids is 1. The van der Waals surface area contributed by atoms with Gasteiger partial charge in [0.25, 0.3) is 0 Å². The van der Waals surface area contributed by atoms with Gasteiger partial charge in [0.15, 0.2) is 11.0 Å². The van der Waals surface area contributed by atoms with Crippen molar-refractivity contribution >= 4 is 29.0 Å². The van der Waals surface area contributed by atoms with Crippen LogP contribution in [0.5, 0.6) is 0 Å². The quantitative estimate of drug-likeness (QED) is 0.747. The van der Waals surface area contributed by atoms with Crippen molar-refractivity contribution in [3.8, 4) is 10.7 Å². The molecule has 0 saturated carbocycles. The molecule has 0 radical (unpaired) electrons. The van der Waals surface area contributed by atoms with Gasteiger partial charge in [0.1, 0.15) is 0 Å². The maximum absolute atomic E-state index is 11.9. The van der Waals surface area contributed by atoms with Gasteiger partial charge in [0.05, 0.1) is 17.2 Å². The van der Waals surface area contributed by atoms with Crippen LogP contribution >= 0.6 is 23.1 Å². The number of nitrogens with zero attached hydrogens (tertiary/aromatic N) is 3. The van der Waals surface area contributed by atoms with Crippen molar-refractivity contribution < 1.29 is 9.53 Å². The summed E-state index contributed by atoms with van der Waals surface area (Å²) in [4.78, 5) is 13.0. The van der Waals surface area contributed by atoms with Crippen molar-refractivity contribution in [3.63, 3.8) is 0 Å². The lowest BCUT2D eigenvalue weighted by Crippen LogP contribution is -2.36. The second-order valence-corrected chi connectivity index (χ2v) is 6.63. The van der Waals surface area contributed by atoms with E-state index in [2.05, 4.69) is 15.5 Å². The second kappa shape index (κ2) is 8.30. The van der Waals surface area contributed by atoms with E-state index in [9.17, 15) is 4.79 Å². The Morgan fingerprint density at radius 1 is 1.55 bits per heavy atom. The molecule has 0 unspecified atom stereocenters. The molecule has 0 aromatic carbocycles. The zero-order chi connectivity index (χ0) is 15.9. The molecule has 6 nitrogen and oxygen atoms in total. The number of hydrogen-bond donors (Lipinski definition) is 1. The fraction of sp³-hybridized carbons (Fsp3) is 0.500. The summed E-state index contributed by atoms with van der Waals surface area (Å²) in [5.41, 5.74) is 0. The van der Waals surface area contributed by atoms with Crippen LogP contribution in [0.4, 0.5) is 0 Å². The molecular weight excluding hydrogens is 320 g/mol. The third kappa shape index (κ3) is 4.31. The molecule has 0 spiro atoms. The molecule has 0 aliphatic rings. The van der Waals surface area contributed by atoms with Crippen molar-refractivity contribution in [3.05, 3.63) is 17.5 Å². The van der Waals surface area contributed by atoms with Gasteiger partial charge in [-0.2, -0.15) is 0 Å². The highest BCUT2D eigenvalue weighted by Gasteiger charge is 2.15. The average molecular weight is 340 g/mol. The predicted octanol–water partition coefficient (Wildman–Crippen LogP) is 2.27. The average Bonchev–Trinajstić information content (AvgIpc) is 3.13. The Balaban J connectivity index is 1.97. The van der Waals surface area contributed by atoms with Crippen molar-refractivity contribution in [1.82, 2.24) is 20.1 Å². The molecule has 0 bridgehead atoms. The number of thiophene rings is 1. The van der Waals surface area contributed by atoms with Gasteiger partial charge in [-0.1, -0.05) is 17.8 Å². The summed E-state index contributed by atoms with van der Waals surface area (Å²) in [5, 5.41) is 14.1. The van der Waals surface area contributed by atoms with E-state index < -0.39 is 0 Å². The lowest BCUT2D eigenvalue weighted by molar-refractivity contribution is -0.119. The maximum atomic E-state index is 11.9. The van der Waals surface area contributed by atoms with E-state index in [-0.39, 0.29) is 11.9 Å². The van der Waals surface area contributed by atoms with E-state index in [1.165, 1.54) is 11.8 Å². The molecule has 120 valence electrons. The molecule has 0 fully saturated rings. The van der Waals surface area contributed by atoms with Crippen LogP contribution in [0.25, 0.3) is 10.7 Å². The van der Waals surface area contributed by atoms with E-state index >= 15 is 0 Å². The Bertz CT molecular complexity index is 598. The van der Waals surface area contributed by atoms with Crippen LogP contribution in [-0.4, -0.2) is 46.2 Å². The van der Waals surface area contributed by atoms with Gasteiger partial charge in [-0.25, -0.2) is 0 Å². The number of amides is 1. The van der Waals surface area contributed by atoms with Gasteiger partial charge >= 0.3 is 0 Å². The lowest BCUT2D eigenvalue weighted by atomic mass is 10.3. The van der Waals surface area contributed by atoms with Gasteiger partial charge in [-0.05, 0) is 25.3 Å². The zero-order valence-corrected chi connectivity index (χ0v) is 14.5. The van der Waals surface area contributed by atoms with E-state index in [0.29, 0.717) is 12.4 Å². The first-order valence-corrected chi connectivity index (χ1v) is 8.90. The molecule has 0 aliphatic carbocycles. The molecule has 2 heterocycles. The smallest absolute Gasteiger partial charge is 0.230 e. The molecule has 2 aromatic rings. The van der Waals surface area contributed by atoms with Crippen LogP contribution in [-0.2, 0) is 16.1 Å². The minimum atomic E-state index is -0.0297. The fourth-order valence-electron chi connectivity index (χ4n) is 2.01. The molecule has 2 aromatic heterocycles. The summed E-state index contributed by atoms with van der Waals surface area (Å²) in [6, 6.07) is 4.02. The Kier molecular flexibility index (Phi) is 6.41. The largest absolute Gasteiger partial charge is 0.383 e. The predicted molar refractivity (Wildman–Crippen MR) is 89.2 cm³/mol. The van der Waals surface area contributed by atoms with Crippen molar-refractivity contribution in [2.45, 2.75) is 31.6 Å². The van der Waals surface area contributed by atoms with Crippen molar-refractivity contribution in [2.24, 2.45) is 0 Å². The fourth-order valence-corrected chi connectivity index (χ4v) is 3.54. The summed E-state index contributed by atoms with van der Waals surface area (Å²) < 4.78 is 7.03. The number of ether oxygens (including phenoxy) is 1. The first kappa shape index (κ1) is 17.0. The summed E-state index contributed by atoms with van der Waals surface area (Å²) in [6.45, 7) is 5.23. The van der Waals surface area contributed by atoms with Gasteiger partial charge in [0, 0.05) is 19.7 Å². The van der Waals surface area contributed by atoms with Crippen LogP contribution in [0.3, 0.4) is 0 Å². The first-order chi connectivity index (χ1) is 10.7. The zero-order valence-electron chi connectivity index (χ0n) is 12.9. The molecular formula is C14H20N4O2S2. The van der Waals surface area contributed by atoms with E-state index in [1.807, 2.05) is 35.9 Å². The number of aromatic nitrogens is 3. The summed E-state index contributed by atoms with van der Waals surface area (Å²) in [7, 11) is 1.62. The molecule has 8 heteroatoms. The molecule has 22 heavy (non-hydrogen) atoms. The topological polar surface area (TPSA) is 69.0 Å². The molecule has 2 rings (SSSR count). The molecule has 0 aliphatic heterocycles. The minimum absolute atomic E-state index is 0.00354. The van der Waals surface area contributed by atoms with E-state index in [4.69, 9.17) is 4.74 Å². The number of methoxy groups -OCH3 is 1. The monoisotopic (exact) mass is 340 g/mol. The van der Waals surface area contributed by atoms with E-state index in [0.717, 1.165) is 22.4 Å². The molecule has 1 N–H and O–H groups in total. The number of nitrogens with one attached hydrogen (secondary N) is 1. The van der Waals surface area contributed by atoms with Crippen LogP contribution in [0, 0.1) is 0 Å². The molecule has 1 atom stereocenters. The lowest BCUT2D eigenvalue weighted by Gasteiger charge is -2.12. The van der Waals surface area contributed by atoms with Crippen LogP contribution in [0.2, 0.25) is 0 Å². The molecule has 0 saturated heterocycles. The number of hydrogen-bond acceptors (Lipinski definition) is 6. The van der Waals surface area contributed by atoms with Gasteiger partial charge in [0.2, 0.25) is 5.91 Å². The highest BCUT2D eigenvalue weighted by molar-refractivity contribution is 7.99.